The van der Waals surface area contributed by atoms with Gasteiger partial charge in [-0.1, -0.05) is 19.1 Å². The Hall–Kier alpha value is -1.84. The van der Waals surface area contributed by atoms with Crippen molar-refractivity contribution in [1.82, 2.24) is 16.0 Å². The van der Waals surface area contributed by atoms with Crippen molar-refractivity contribution in [2.24, 2.45) is 4.99 Å². The predicted octanol–water partition coefficient (Wildman–Crippen LogP) is 1.89. The van der Waals surface area contributed by atoms with E-state index in [1.54, 1.807) is 7.05 Å². The number of anilines is 1. The van der Waals surface area contributed by atoms with E-state index in [1.807, 2.05) is 45.0 Å². The lowest BCUT2D eigenvalue weighted by atomic mass is 10.1. The Labute approximate surface area is 172 Å². The van der Waals surface area contributed by atoms with Crippen LogP contribution in [0.3, 0.4) is 0 Å². The van der Waals surface area contributed by atoms with Gasteiger partial charge in [0.15, 0.2) is 5.96 Å². The number of amides is 2. The molecule has 0 atom stereocenters. The van der Waals surface area contributed by atoms with E-state index in [-0.39, 0.29) is 54.4 Å². The topological polar surface area (TPSA) is 94.6 Å². The highest BCUT2D eigenvalue weighted by molar-refractivity contribution is 14.0. The highest BCUT2D eigenvalue weighted by atomic mass is 127. The first-order valence-electron chi connectivity index (χ1n) is 8.38. The van der Waals surface area contributed by atoms with Crippen LogP contribution < -0.4 is 21.3 Å². The molecular weight excluding hydrogens is 445 g/mol. The lowest BCUT2D eigenvalue weighted by Crippen LogP contribution is -2.49. The van der Waals surface area contributed by atoms with Gasteiger partial charge < -0.3 is 21.3 Å². The molecule has 0 aliphatic heterocycles. The summed E-state index contributed by atoms with van der Waals surface area (Å²) in [6.45, 7) is 7.93. The van der Waals surface area contributed by atoms with E-state index >= 15 is 0 Å². The lowest BCUT2D eigenvalue weighted by Gasteiger charge is -2.21. The van der Waals surface area contributed by atoms with Gasteiger partial charge in [-0.05, 0) is 44.9 Å². The first-order chi connectivity index (χ1) is 11.7. The Bertz CT molecular complexity index is 626. The molecule has 26 heavy (non-hydrogen) atoms. The lowest BCUT2D eigenvalue weighted by molar-refractivity contribution is -0.121. The van der Waals surface area contributed by atoms with Crippen molar-refractivity contribution in [3.8, 4) is 0 Å². The summed E-state index contributed by atoms with van der Waals surface area (Å²) in [6.07, 6.45) is 0.912. The van der Waals surface area contributed by atoms with Crippen LogP contribution in [0.25, 0.3) is 0 Å². The number of hydrogen-bond acceptors (Lipinski definition) is 3. The first kappa shape index (κ1) is 24.2. The number of nitrogens with one attached hydrogen (secondary N) is 4. The van der Waals surface area contributed by atoms with Crippen LogP contribution >= 0.6 is 24.0 Å². The van der Waals surface area contributed by atoms with E-state index in [1.165, 1.54) is 0 Å². The Morgan fingerprint density at radius 3 is 2.23 bits per heavy atom. The maximum Gasteiger partial charge on any atom is 0.243 e. The zero-order valence-electron chi connectivity index (χ0n) is 16.1. The van der Waals surface area contributed by atoms with Crippen molar-refractivity contribution in [3.05, 3.63) is 29.8 Å². The fourth-order valence-corrected chi connectivity index (χ4v) is 2.09. The smallest absolute Gasteiger partial charge is 0.243 e. The second-order valence-corrected chi connectivity index (χ2v) is 6.68. The van der Waals surface area contributed by atoms with Crippen molar-refractivity contribution in [2.75, 3.05) is 25.5 Å². The summed E-state index contributed by atoms with van der Waals surface area (Å²) in [7, 11) is 1.58. The number of carbonyl (C=O) groups is 2. The van der Waals surface area contributed by atoms with Gasteiger partial charge in [0.25, 0.3) is 0 Å². The predicted molar refractivity (Wildman–Crippen MR) is 117 cm³/mol. The minimum Gasteiger partial charge on any atom is -0.350 e. The first-order valence-corrected chi connectivity index (χ1v) is 8.38. The molecule has 0 heterocycles. The number of carbonyl (C=O) groups excluding carboxylic acids is 2. The molecule has 0 aliphatic carbocycles. The van der Waals surface area contributed by atoms with Crippen LogP contribution in [0.2, 0.25) is 0 Å². The number of guanidine groups is 1. The summed E-state index contributed by atoms with van der Waals surface area (Å²) in [5.74, 6) is 0.0631. The van der Waals surface area contributed by atoms with Crippen molar-refractivity contribution >= 4 is 47.4 Å². The van der Waals surface area contributed by atoms with E-state index in [4.69, 9.17) is 0 Å². The fourth-order valence-electron chi connectivity index (χ4n) is 2.09. The number of hydrogen-bond donors (Lipinski definition) is 4. The van der Waals surface area contributed by atoms with Gasteiger partial charge in [-0.25, -0.2) is 0 Å². The highest BCUT2D eigenvalue weighted by Gasteiger charge is 2.13. The average Bonchev–Trinajstić information content (AvgIpc) is 2.53. The van der Waals surface area contributed by atoms with Crippen molar-refractivity contribution in [2.45, 2.75) is 39.7 Å². The molecular formula is C18H30IN5O2. The Kier molecular flexibility index (Phi) is 10.9. The van der Waals surface area contributed by atoms with Crippen LogP contribution in [0.4, 0.5) is 5.69 Å². The third kappa shape index (κ3) is 10.2. The molecule has 4 N–H and O–H groups in total. The summed E-state index contributed by atoms with van der Waals surface area (Å²) in [5.41, 5.74) is 1.63. The molecule has 0 aromatic heterocycles. The molecule has 146 valence electrons. The van der Waals surface area contributed by atoms with Crippen molar-refractivity contribution in [3.63, 3.8) is 0 Å². The normalized spacial score (nSPS) is 11.2. The monoisotopic (exact) mass is 475 g/mol. The maximum atomic E-state index is 12.0. The number of rotatable bonds is 6. The maximum absolute atomic E-state index is 12.0. The zero-order chi connectivity index (χ0) is 18.9. The second kappa shape index (κ2) is 11.7. The van der Waals surface area contributed by atoms with E-state index in [0.717, 1.165) is 17.7 Å². The molecule has 8 heteroatoms. The van der Waals surface area contributed by atoms with Crippen LogP contribution in [0.1, 0.15) is 33.3 Å². The van der Waals surface area contributed by atoms with Gasteiger partial charge in [0.1, 0.15) is 0 Å². The van der Waals surface area contributed by atoms with Crippen LogP contribution in [0.15, 0.2) is 29.3 Å². The summed E-state index contributed by atoms with van der Waals surface area (Å²) >= 11 is 0. The van der Waals surface area contributed by atoms with E-state index in [0.29, 0.717) is 5.96 Å². The van der Waals surface area contributed by atoms with Crippen molar-refractivity contribution < 1.29 is 9.59 Å². The Morgan fingerprint density at radius 2 is 1.69 bits per heavy atom. The molecule has 0 aliphatic rings. The number of benzene rings is 1. The average molecular weight is 475 g/mol. The Balaban J connectivity index is 0.00000625. The highest BCUT2D eigenvalue weighted by Crippen LogP contribution is 2.10. The zero-order valence-corrected chi connectivity index (χ0v) is 18.4. The number of aliphatic imine (C=N–C) groups is 1. The molecule has 0 unspecified atom stereocenters. The van der Waals surface area contributed by atoms with Crippen LogP contribution in [-0.2, 0) is 16.0 Å². The van der Waals surface area contributed by atoms with E-state index in [9.17, 15) is 9.59 Å². The molecule has 0 fully saturated rings. The van der Waals surface area contributed by atoms with Crippen LogP contribution in [-0.4, -0.2) is 43.5 Å². The van der Waals surface area contributed by atoms with E-state index < -0.39 is 0 Å². The number of aryl methyl sites for hydroxylation is 1. The molecule has 0 radical (unpaired) electrons. The fraction of sp³-hybridized carbons (Fsp3) is 0.500. The third-order valence-electron chi connectivity index (χ3n) is 3.19. The van der Waals surface area contributed by atoms with Gasteiger partial charge in [-0.15, -0.1) is 24.0 Å². The summed E-state index contributed by atoms with van der Waals surface area (Å²) in [5, 5.41) is 11.4. The third-order valence-corrected chi connectivity index (χ3v) is 3.19. The van der Waals surface area contributed by atoms with Gasteiger partial charge in [-0.3, -0.25) is 14.6 Å². The summed E-state index contributed by atoms with van der Waals surface area (Å²) < 4.78 is 0. The van der Waals surface area contributed by atoms with E-state index in [2.05, 4.69) is 33.2 Å². The summed E-state index contributed by atoms with van der Waals surface area (Å²) in [4.78, 5) is 27.8. The molecule has 1 aromatic carbocycles. The van der Waals surface area contributed by atoms with Gasteiger partial charge in [0.2, 0.25) is 11.8 Å². The molecule has 7 nitrogen and oxygen atoms in total. The minimum absolute atomic E-state index is 0. The minimum atomic E-state index is -0.289. The molecule has 0 saturated carbocycles. The van der Waals surface area contributed by atoms with Gasteiger partial charge >= 0.3 is 0 Å². The molecule has 1 rings (SSSR count). The standard InChI is InChI=1S/C18H29N5O2.HI/c1-6-13-8-7-9-14(10-13)22-15(24)11-20-17(19-5)21-12-16(25)23-18(2,3)4;/h7-10H,6,11-12H2,1-5H3,(H,22,24)(H,23,25)(H2,19,20,21);1H. The number of nitrogens with zero attached hydrogens (tertiary/aromatic N) is 1. The number of halogens is 1. The van der Waals surface area contributed by atoms with Gasteiger partial charge in [-0.2, -0.15) is 0 Å². The SMILES string of the molecule is CCc1cccc(NC(=O)CNC(=NC)NCC(=O)NC(C)(C)C)c1.I. The molecule has 2 amide bonds. The van der Waals surface area contributed by atoms with Crippen LogP contribution in [0.5, 0.6) is 0 Å². The molecule has 1 aromatic rings. The van der Waals surface area contributed by atoms with Crippen molar-refractivity contribution in [1.29, 1.82) is 0 Å². The summed E-state index contributed by atoms with van der Waals surface area (Å²) in [6, 6.07) is 7.72. The van der Waals surface area contributed by atoms with Gasteiger partial charge in [0, 0.05) is 18.3 Å². The quantitative estimate of drug-likeness (QED) is 0.287. The Morgan fingerprint density at radius 1 is 1.08 bits per heavy atom. The molecule has 0 spiro atoms. The van der Waals surface area contributed by atoms with Gasteiger partial charge in [0.05, 0.1) is 13.1 Å². The van der Waals surface area contributed by atoms with Crippen LogP contribution in [0, 0.1) is 0 Å². The molecule has 0 saturated heterocycles. The second-order valence-electron chi connectivity index (χ2n) is 6.68. The molecule has 0 bridgehead atoms. The largest absolute Gasteiger partial charge is 0.350 e.